The van der Waals surface area contributed by atoms with Crippen molar-refractivity contribution in [2.24, 2.45) is 5.73 Å². The van der Waals surface area contributed by atoms with Gasteiger partial charge in [-0.3, -0.25) is 9.59 Å². The number of hydrogen-bond donors (Lipinski definition) is 2. The fraction of sp³-hybridized carbons (Fsp3) is 0.125. The van der Waals surface area contributed by atoms with E-state index in [0.717, 1.165) is 10.5 Å². The summed E-state index contributed by atoms with van der Waals surface area (Å²) in [4.78, 5) is 23.9. The Bertz CT molecular complexity index is 691. The van der Waals surface area contributed by atoms with E-state index < -0.39 is 5.91 Å². The molecule has 6 heteroatoms. The molecule has 0 saturated heterocycles. The van der Waals surface area contributed by atoms with E-state index in [-0.39, 0.29) is 11.7 Å². The first-order chi connectivity index (χ1) is 10.6. The molecule has 0 aliphatic carbocycles. The van der Waals surface area contributed by atoms with Crippen molar-refractivity contribution in [1.82, 2.24) is 5.32 Å². The number of rotatable bonds is 6. The maximum atomic E-state index is 12.3. The van der Waals surface area contributed by atoms with Gasteiger partial charge < -0.3 is 11.1 Å². The molecule has 0 aliphatic heterocycles. The van der Waals surface area contributed by atoms with Crippen LogP contribution < -0.4 is 11.1 Å². The molecule has 114 valence electrons. The van der Waals surface area contributed by atoms with E-state index in [1.54, 1.807) is 24.3 Å². The summed E-state index contributed by atoms with van der Waals surface area (Å²) in [5.41, 5.74) is 6.50. The van der Waals surface area contributed by atoms with Crippen LogP contribution in [0.2, 0.25) is 5.02 Å². The van der Waals surface area contributed by atoms with Crippen molar-refractivity contribution in [3.8, 4) is 0 Å². The second-order valence-corrected chi connectivity index (χ2v) is 5.95. The molecule has 0 radical (unpaired) electrons. The average Bonchev–Trinajstić information content (AvgIpc) is 2.52. The van der Waals surface area contributed by atoms with Gasteiger partial charge in [-0.05, 0) is 23.8 Å². The Balaban J connectivity index is 2.06. The van der Waals surface area contributed by atoms with Crippen LogP contribution in [0, 0.1) is 0 Å². The molecule has 0 heterocycles. The molecule has 2 amide bonds. The standard InChI is InChI=1S/C16H15ClN2O2S/c17-13-7-3-1-5-11(13)9-19-16(21)12-6-2-4-8-14(12)22-10-15(18)20/h1-8H,9-10H2,(H2,18,20)(H,19,21). The average molecular weight is 335 g/mol. The highest BCUT2D eigenvalue weighted by molar-refractivity contribution is 8.00. The molecule has 0 fully saturated rings. The Kier molecular flexibility index (Phi) is 5.86. The predicted octanol–water partition coefficient (Wildman–Crippen LogP) is 2.85. The number of benzene rings is 2. The third-order valence-electron chi connectivity index (χ3n) is 2.90. The molecule has 4 nitrogen and oxygen atoms in total. The first-order valence-electron chi connectivity index (χ1n) is 6.59. The van der Waals surface area contributed by atoms with Crippen molar-refractivity contribution in [2.45, 2.75) is 11.4 Å². The fourth-order valence-corrected chi connectivity index (χ4v) is 2.83. The third kappa shape index (κ3) is 4.51. The van der Waals surface area contributed by atoms with Gasteiger partial charge in [0.05, 0.1) is 11.3 Å². The topological polar surface area (TPSA) is 72.2 Å². The van der Waals surface area contributed by atoms with Crippen LogP contribution in [0.15, 0.2) is 53.4 Å². The molecule has 0 bridgehead atoms. The number of amides is 2. The van der Waals surface area contributed by atoms with Gasteiger partial charge in [0.15, 0.2) is 0 Å². The fourth-order valence-electron chi connectivity index (χ4n) is 1.84. The van der Waals surface area contributed by atoms with Crippen LogP contribution in [0.5, 0.6) is 0 Å². The molecule has 0 aliphatic rings. The Morgan fingerprint density at radius 3 is 2.50 bits per heavy atom. The number of nitrogens with one attached hydrogen (secondary N) is 1. The summed E-state index contributed by atoms with van der Waals surface area (Å²) in [6.45, 7) is 0.341. The summed E-state index contributed by atoms with van der Waals surface area (Å²) >= 11 is 7.31. The molecule has 2 aromatic carbocycles. The van der Waals surface area contributed by atoms with E-state index in [1.807, 2.05) is 24.3 Å². The van der Waals surface area contributed by atoms with E-state index in [2.05, 4.69) is 5.32 Å². The summed E-state index contributed by atoms with van der Waals surface area (Å²) in [6.07, 6.45) is 0. The van der Waals surface area contributed by atoms with Crippen molar-refractivity contribution < 1.29 is 9.59 Å². The van der Waals surface area contributed by atoms with Gasteiger partial charge in [-0.15, -0.1) is 11.8 Å². The largest absolute Gasteiger partial charge is 0.369 e. The first-order valence-corrected chi connectivity index (χ1v) is 7.96. The number of hydrogen-bond acceptors (Lipinski definition) is 3. The van der Waals surface area contributed by atoms with Gasteiger partial charge in [0.2, 0.25) is 5.91 Å². The molecule has 2 rings (SSSR count). The Morgan fingerprint density at radius 1 is 1.09 bits per heavy atom. The lowest BCUT2D eigenvalue weighted by Gasteiger charge is -2.10. The zero-order valence-electron chi connectivity index (χ0n) is 11.7. The Labute approximate surface area is 138 Å². The van der Waals surface area contributed by atoms with Crippen LogP contribution in [0.3, 0.4) is 0 Å². The highest BCUT2D eigenvalue weighted by Gasteiger charge is 2.12. The Hall–Kier alpha value is -1.98. The summed E-state index contributed by atoms with van der Waals surface area (Å²) < 4.78 is 0. The highest BCUT2D eigenvalue weighted by Crippen LogP contribution is 2.22. The van der Waals surface area contributed by atoms with Gasteiger partial charge >= 0.3 is 0 Å². The molecular weight excluding hydrogens is 320 g/mol. The number of primary amides is 1. The van der Waals surface area contributed by atoms with Crippen molar-refractivity contribution >= 4 is 35.2 Å². The van der Waals surface area contributed by atoms with Gasteiger partial charge in [-0.25, -0.2) is 0 Å². The molecule has 2 aromatic rings. The van der Waals surface area contributed by atoms with E-state index in [9.17, 15) is 9.59 Å². The lowest BCUT2D eigenvalue weighted by Crippen LogP contribution is -2.23. The van der Waals surface area contributed by atoms with E-state index in [1.165, 1.54) is 11.8 Å². The van der Waals surface area contributed by atoms with Crippen molar-refractivity contribution in [3.63, 3.8) is 0 Å². The van der Waals surface area contributed by atoms with E-state index in [4.69, 9.17) is 17.3 Å². The van der Waals surface area contributed by atoms with Gasteiger partial charge in [0.25, 0.3) is 5.91 Å². The maximum absolute atomic E-state index is 12.3. The van der Waals surface area contributed by atoms with Crippen molar-refractivity contribution in [2.75, 3.05) is 5.75 Å². The number of thioether (sulfide) groups is 1. The normalized spacial score (nSPS) is 10.2. The molecule has 0 saturated carbocycles. The second kappa shape index (κ2) is 7.87. The van der Waals surface area contributed by atoms with Gasteiger partial charge in [0.1, 0.15) is 0 Å². The van der Waals surface area contributed by atoms with Gasteiger partial charge in [-0.2, -0.15) is 0 Å². The number of carbonyl (C=O) groups is 2. The lowest BCUT2D eigenvalue weighted by molar-refractivity contribution is -0.115. The molecule has 22 heavy (non-hydrogen) atoms. The molecule has 0 atom stereocenters. The summed E-state index contributed by atoms with van der Waals surface area (Å²) in [5, 5.41) is 3.44. The van der Waals surface area contributed by atoms with Crippen LogP contribution in [0.4, 0.5) is 0 Å². The quantitative estimate of drug-likeness (QED) is 0.798. The van der Waals surface area contributed by atoms with Crippen LogP contribution in [0.1, 0.15) is 15.9 Å². The molecule has 0 unspecified atom stereocenters. The summed E-state index contributed by atoms with van der Waals surface area (Å²) in [7, 11) is 0. The summed E-state index contributed by atoms with van der Waals surface area (Å²) in [6, 6.07) is 14.4. The number of nitrogens with two attached hydrogens (primary N) is 1. The lowest BCUT2D eigenvalue weighted by atomic mass is 10.2. The zero-order chi connectivity index (χ0) is 15.9. The highest BCUT2D eigenvalue weighted by atomic mass is 35.5. The minimum Gasteiger partial charge on any atom is -0.369 e. The first kappa shape index (κ1) is 16.4. The monoisotopic (exact) mass is 334 g/mol. The van der Waals surface area contributed by atoms with Crippen molar-refractivity contribution in [1.29, 1.82) is 0 Å². The second-order valence-electron chi connectivity index (χ2n) is 4.53. The van der Waals surface area contributed by atoms with Crippen molar-refractivity contribution in [3.05, 3.63) is 64.7 Å². The SMILES string of the molecule is NC(=O)CSc1ccccc1C(=O)NCc1ccccc1Cl. The van der Waals surface area contributed by atoms with Crippen LogP contribution >= 0.6 is 23.4 Å². The van der Waals surface area contributed by atoms with Crippen LogP contribution in [-0.2, 0) is 11.3 Å². The molecular formula is C16H15ClN2O2S. The molecule has 0 spiro atoms. The van der Waals surface area contributed by atoms with E-state index in [0.29, 0.717) is 17.1 Å². The molecule has 3 N–H and O–H groups in total. The maximum Gasteiger partial charge on any atom is 0.252 e. The third-order valence-corrected chi connectivity index (χ3v) is 4.36. The minimum atomic E-state index is -0.420. The smallest absolute Gasteiger partial charge is 0.252 e. The minimum absolute atomic E-state index is 0.134. The van der Waals surface area contributed by atoms with Crippen LogP contribution in [0.25, 0.3) is 0 Å². The summed E-state index contributed by atoms with van der Waals surface area (Å²) in [5.74, 6) is -0.502. The van der Waals surface area contributed by atoms with Gasteiger partial charge in [0, 0.05) is 16.5 Å². The number of halogens is 1. The molecule has 0 aromatic heterocycles. The zero-order valence-corrected chi connectivity index (χ0v) is 13.3. The Morgan fingerprint density at radius 2 is 1.77 bits per heavy atom. The number of carbonyl (C=O) groups excluding carboxylic acids is 2. The predicted molar refractivity (Wildman–Crippen MR) is 89.0 cm³/mol. The van der Waals surface area contributed by atoms with Gasteiger partial charge in [-0.1, -0.05) is 41.9 Å². The van der Waals surface area contributed by atoms with Crippen LogP contribution in [-0.4, -0.2) is 17.6 Å². The van der Waals surface area contributed by atoms with E-state index >= 15 is 0 Å².